The van der Waals surface area contributed by atoms with Crippen molar-refractivity contribution in [2.45, 2.75) is 50.5 Å². The Labute approximate surface area is 168 Å². The predicted octanol–water partition coefficient (Wildman–Crippen LogP) is 1.80. The molecule has 0 spiro atoms. The number of amides is 1. The highest BCUT2D eigenvalue weighted by Crippen LogP contribution is 2.27. The lowest BCUT2D eigenvalue weighted by molar-refractivity contribution is -0.128. The number of rotatable bonds is 3. The molecular weight excluding hydrogens is 386 g/mol. The zero-order valence-corrected chi connectivity index (χ0v) is 17.7. The first-order valence-electron chi connectivity index (χ1n) is 9.42. The Morgan fingerprint density at radius 3 is 2.48 bits per heavy atom. The zero-order chi connectivity index (χ0) is 18.9. The van der Waals surface area contributed by atoms with Crippen molar-refractivity contribution in [3.05, 3.63) is 29.3 Å². The van der Waals surface area contributed by atoms with Crippen molar-refractivity contribution in [2.24, 2.45) is 11.7 Å². The van der Waals surface area contributed by atoms with Gasteiger partial charge in [-0.1, -0.05) is 6.07 Å². The molecule has 6 nitrogen and oxygen atoms in total. The summed E-state index contributed by atoms with van der Waals surface area (Å²) in [5, 5.41) is 0. The SMILES string of the molecule is CC(=O)N1CCc2ccc(S(=O)(=O)N3CCCC(C(C)N)C3)cc2CC1.Cl. The largest absolute Gasteiger partial charge is 0.342 e. The molecule has 0 saturated carbocycles. The standard InChI is InChI=1S/C19H29N3O3S.ClH/c1-14(20)18-4-3-9-22(13-18)26(24,25)19-6-5-16-7-10-21(15(2)23)11-8-17(16)12-19;/h5-6,12,14,18H,3-4,7-11,13,20H2,1-2H3;1H. The fraction of sp³-hybridized carbons (Fsp3) is 0.632. The number of nitrogens with zero attached hydrogens (tertiary/aromatic N) is 2. The quantitative estimate of drug-likeness (QED) is 0.815. The summed E-state index contributed by atoms with van der Waals surface area (Å²) >= 11 is 0. The second-order valence-electron chi connectivity index (χ2n) is 7.56. The highest BCUT2D eigenvalue weighted by atomic mass is 35.5. The number of hydrogen-bond acceptors (Lipinski definition) is 4. The van der Waals surface area contributed by atoms with E-state index in [9.17, 15) is 13.2 Å². The van der Waals surface area contributed by atoms with Gasteiger partial charge in [-0.3, -0.25) is 4.79 Å². The third-order valence-electron chi connectivity index (χ3n) is 5.73. The van der Waals surface area contributed by atoms with Crippen molar-refractivity contribution in [3.63, 3.8) is 0 Å². The predicted molar refractivity (Wildman–Crippen MR) is 108 cm³/mol. The summed E-state index contributed by atoms with van der Waals surface area (Å²) in [5.74, 6) is 0.282. The summed E-state index contributed by atoms with van der Waals surface area (Å²) in [4.78, 5) is 13.8. The van der Waals surface area contributed by atoms with Gasteiger partial charge in [0.05, 0.1) is 4.90 Å². The van der Waals surface area contributed by atoms with Crippen LogP contribution in [0.3, 0.4) is 0 Å². The summed E-state index contributed by atoms with van der Waals surface area (Å²) < 4.78 is 27.8. The fourth-order valence-corrected chi connectivity index (χ4v) is 5.53. The third-order valence-corrected chi connectivity index (χ3v) is 7.59. The van der Waals surface area contributed by atoms with E-state index in [0.717, 1.165) is 30.4 Å². The number of carbonyl (C=O) groups is 1. The van der Waals surface area contributed by atoms with Crippen LogP contribution in [0.25, 0.3) is 0 Å². The van der Waals surface area contributed by atoms with Gasteiger partial charge in [-0.05, 0) is 61.8 Å². The van der Waals surface area contributed by atoms with Crippen LogP contribution in [0.4, 0.5) is 0 Å². The van der Waals surface area contributed by atoms with E-state index in [-0.39, 0.29) is 30.3 Å². The highest BCUT2D eigenvalue weighted by Gasteiger charge is 2.32. The van der Waals surface area contributed by atoms with E-state index in [4.69, 9.17) is 5.73 Å². The minimum absolute atomic E-state index is 0. The molecule has 1 aromatic carbocycles. The molecule has 0 radical (unpaired) electrons. The second kappa shape index (κ2) is 8.90. The summed E-state index contributed by atoms with van der Waals surface area (Å²) in [7, 11) is -3.51. The van der Waals surface area contributed by atoms with Crippen molar-refractivity contribution >= 4 is 28.3 Å². The lowest BCUT2D eigenvalue weighted by atomic mass is 9.93. The van der Waals surface area contributed by atoms with Gasteiger partial charge in [-0.2, -0.15) is 4.31 Å². The van der Waals surface area contributed by atoms with Gasteiger partial charge in [0, 0.05) is 39.1 Å². The molecule has 2 unspecified atom stereocenters. The van der Waals surface area contributed by atoms with Crippen LogP contribution in [0.5, 0.6) is 0 Å². The maximum Gasteiger partial charge on any atom is 0.243 e. The van der Waals surface area contributed by atoms with Gasteiger partial charge >= 0.3 is 0 Å². The molecule has 2 heterocycles. The van der Waals surface area contributed by atoms with E-state index in [1.807, 2.05) is 24.0 Å². The minimum Gasteiger partial charge on any atom is -0.342 e. The van der Waals surface area contributed by atoms with Crippen molar-refractivity contribution < 1.29 is 13.2 Å². The maximum atomic E-state index is 13.1. The average molecular weight is 416 g/mol. The number of hydrogen-bond donors (Lipinski definition) is 1. The van der Waals surface area contributed by atoms with E-state index in [0.29, 0.717) is 37.5 Å². The van der Waals surface area contributed by atoms with Crippen molar-refractivity contribution in [1.29, 1.82) is 0 Å². The Kier molecular flexibility index (Phi) is 7.30. The summed E-state index contributed by atoms with van der Waals surface area (Å²) in [6.45, 7) is 5.91. The molecule has 2 N–H and O–H groups in total. The summed E-state index contributed by atoms with van der Waals surface area (Å²) in [5.41, 5.74) is 8.18. The van der Waals surface area contributed by atoms with Crippen LogP contribution in [0.15, 0.2) is 23.1 Å². The average Bonchev–Trinajstić information content (AvgIpc) is 2.83. The molecule has 2 aliphatic heterocycles. The number of carbonyl (C=O) groups excluding carboxylic acids is 1. The van der Waals surface area contributed by atoms with Gasteiger partial charge in [-0.25, -0.2) is 8.42 Å². The lowest BCUT2D eigenvalue weighted by Crippen LogP contribution is -2.44. The Morgan fingerprint density at radius 2 is 1.85 bits per heavy atom. The number of nitrogens with two attached hydrogens (primary N) is 1. The van der Waals surface area contributed by atoms with E-state index in [2.05, 4.69) is 0 Å². The van der Waals surface area contributed by atoms with E-state index in [1.54, 1.807) is 17.3 Å². The molecule has 152 valence electrons. The van der Waals surface area contributed by atoms with Gasteiger partial charge in [0.2, 0.25) is 15.9 Å². The first kappa shape index (κ1) is 22.1. The maximum absolute atomic E-state index is 13.1. The molecule has 3 rings (SSSR count). The number of fused-ring (bicyclic) bond motifs is 1. The van der Waals surface area contributed by atoms with Crippen LogP contribution in [0.1, 0.15) is 37.8 Å². The number of benzene rings is 1. The molecular formula is C19H30ClN3O3S. The van der Waals surface area contributed by atoms with Crippen LogP contribution in [0, 0.1) is 5.92 Å². The molecule has 0 aliphatic carbocycles. The first-order valence-corrected chi connectivity index (χ1v) is 10.9. The van der Waals surface area contributed by atoms with E-state index < -0.39 is 10.0 Å². The monoisotopic (exact) mass is 415 g/mol. The third kappa shape index (κ3) is 4.83. The zero-order valence-electron chi connectivity index (χ0n) is 16.1. The summed E-state index contributed by atoms with van der Waals surface area (Å²) in [6, 6.07) is 5.44. The molecule has 1 fully saturated rings. The van der Waals surface area contributed by atoms with E-state index in [1.165, 1.54) is 0 Å². The Morgan fingerprint density at radius 1 is 1.19 bits per heavy atom. The van der Waals surface area contributed by atoms with Crippen LogP contribution < -0.4 is 5.73 Å². The molecule has 0 bridgehead atoms. The molecule has 2 atom stereocenters. The van der Waals surface area contributed by atoms with Gasteiger partial charge in [0.25, 0.3) is 0 Å². The molecule has 2 aliphatic rings. The van der Waals surface area contributed by atoms with Crippen LogP contribution in [-0.2, 0) is 27.7 Å². The van der Waals surface area contributed by atoms with Gasteiger partial charge in [-0.15, -0.1) is 12.4 Å². The summed E-state index contributed by atoms with van der Waals surface area (Å²) in [6.07, 6.45) is 3.30. The van der Waals surface area contributed by atoms with Crippen LogP contribution >= 0.6 is 12.4 Å². The Hall–Kier alpha value is -1.15. The van der Waals surface area contributed by atoms with Crippen molar-refractivity contribution in [1.82, 2.24) is 9.21 Å². The molecule has 1 amide bonds. The normalized spacial score (nSPS) is 22.3. The highest BCUT2D eigenvalue weighted by molar-refractivity contribution is 7.89. The Balaban J connectivity index is 0.00000261. The second-order valence-corrected chi connectivity index (χ2v) is 9.50. The number of halogens is 1. The molecule has 8 heteroatoms. The molecule has 1 aromatic rings. The van der Waals surface area contributed by atoms with Gasteiger partial charge < -0.3 is 10.6 Å². The molecule has 27 heavy (non-hydrogen) atoms. The number of sulfonamides is 1. The first-order chi connectivity index (χ1) is 12.3. The van der Waals surface area contributed by atoms with Crippen molar-refractivity contribution in [3.8, 4) is 0 Å². The van der Waals surface area contributed by atoms with Crippen LogP contribution in [-0.4, -0.2) is 55.8 Å². The lowest BCUT2D eigenvalue weighted by Gasteiger charge is -2.33. The smallest absolute Gasteiger partial charge is 0.243 e. The molecule has 0 aromatic heterocycles. The fourth-order valence-electron chi connectivity index (χ4n) is 3.95. The van der Waals surface area contributed by atoms with Crippen LogP contribution in [0.2, 0.25) is 0 Å². The Bertz CT molecular complexity index is 782. The van der Waals surface area contributed by atoms with Gasteiger partial charge in [0.1, 0.15) is 0 Å². The van der Waals surface area contributed by atoms with E-state index >= 15 is 0 Å². The minimum atomic E-state index is -3.51. The number of piperidine rings is 1. The topological polar surface area (TPSA) is 83.7 Å². The molecule has 1 saturated heterocycles. The van der Waals surface area contributed by atoms with Gasteiger partial charge in [0.15, 0.2) is 0 Å². The van der Waals surface area contributed by atoms with Crippen molar-refractivity contribution in [2.75, 3.05) is 26.2 Å².